The molecule has 1 aromatic carbocycles. The number of nitrogens with zero attached hydrogens (tertiary/aromatic N) is 3. The Labute approximate surface area is 199 Å². The fourth-order valence-electron chi connectivity index (χ4n) is 5.04. The maximum atomic E-state index is 12.9. The summed E-state index contributed by atoms with van der Waals surface area (Å²) < 4.78 is 40.8. The number of benzene rings is 1. The number of rotatable bonds is 2. The minimum absolute atomic E-state index is 0.290. The van der Waals surface area contributed by atoms with Gasteiger partial charge in [-0.2, -0.15) is 13.2 Å². The van der Waals surface area contributed by atoms with Crippen molar-refractivity contribution in [3.63, 3.8) is 0 Å². The predicted molar refractivity (Wildman–Crippen MR) is 126 cm³/mol. The van der Waals surface area contributed by atoms with E-state index in [2.05, 4.69) is 10.6 Å². The van der Waals surface area contributed by atoms with Crippen LogP contribution in [0.5, 0.6) is 0 Å². The number of hydrogen-bond acceptors (Lipinski definition) is 3. The molecule has 9 heteroatoms. The van der Waals surface area contributed by atoms with Crippen LogP contribution in [0.1, 0.15) is 24.1 Å². The van der Waals surface area contributed by atoms with Crippen molar-refractivity contribution in [2.75, 3.05) is 18.0 Å². The molecule has 0 radical (unpaired) electrons. The summed E-state index contributed by atoms with van der Waals surface area (Å²) in [4.78, 5) is 27.3. The van der Waals surface area contributed by atoms with Gasteiger partial charge in [0.15, 0.2) is 5.78 Å². The van der Waals surface area contributed by atoms with Crippen molar-refractivity contribution >= 4 is 28.5 Å². The van der Waals surface area contributed by atoms with E-state index in [0.717, 1.165) is 46.8 Å². The summed E-state index contributed by atoms with van der Waals surface area (Å²) in [6, 6.07) is 6.05. The molecule has 5 rings (SSSR count). The highest BCUT2D eigenvalue weighted by Crippen LogP contribution is 2.35. The summed E-state index contributed by atoms with van der Waals surface area (Å²) in [6.07, 6.45) is 3.18. The van der Waals surface area contributed by atoms with Gasteiger partial charge >= 0.3 is 12.3 Å². The molecule has 1 aliphatic carbocycles. The Morgan fingerprint density at radius 2 is 1.97 bits per heavy atom. The number of anilines is 1. The Balaban J connectivity index is 1.40. The molecule has 182 valence electrons. The van der Waals surface area contributed by atoms with Crippen LogP contribution in [0.4, 0.5) is 23.7 Å². The molecule has 6 nitrogen and oxygen atoms in total. The number of halogens is 3. The SMILES string of the molecule is Cn1c2c(c3ccc(N4C=CC(C5=CC=C(C(F)(F)F)CC5=O)=CC4)cc31)CN(C(=O)O)CCC2. The second-order valence-corrected chi connectivity index (χ2v) is 8.99. The summed E-state index contributed by atoms with van der Waals surface area (Å²) in [7, 11) is 2.00. The van der Waals surface area contributed by atoms with Crippen molar-refractivity contribution in [1.29, 1.82) is 0 Å². The van der Waals surface area contributed by atoms with E-state index in [4.69, 9.17) is 0 Å². The zero-order chi connectivity index (χ0) is 24.9. The number of fused-ring (bicyclic) bond motifs is 3. The number of Topliss-reactive ketones (excluding diaryl/α,β-unsaturated/α-hetero) is 1. The van der Waals surface area contributed by atoms with Gasteiger partial charge in [-0.1, -0.05) is 24.3 Å². The van der Waals surface area contributed by atoms with Crippen LogP contribution >= 0.6 is 0 Å². The highest BCUT2D eigenvalue weighted by Gasteiger charge is 2.36. The molecule has 3 heterocycles. The molecule has 0 unspecified atom stereocenters. The number of aromatic nitrogens is 1. The van der Waals surface area contributed by atoms with Crippen LogP contribution in [0.25, 0.3) is 10.9 Å². The van der Waals surface area contributed by atoms with Crippen LogP contribution in [0.3, 0.4) is 0 Å². The molecule has 35 heavy (non-hydrogen) atoms. The second-order valence-electron chi connectivity index (χ2n) is 8.99. The van der Waals surface area contributed by atoms with Gasteiger partial charge in [0, 0.05) is 66.2 Å². The van der Waals surface area contributed by atoms with E-state index in [1.807, 2.05) is 36.4 Å². The lowest BCUT2D eigenvalue weighted by Crippen LogP contribution is -2.28. The minimum atomic E-state index is -4.49. The topological polar surface area (TPSA) is 65.8 Å². The van der Waals surface area contributed by atoms with Crippen molar-refractivity contribution in [1.82, 2.24) is 9.47 Å². The molecular formula is C26H24F3N3O3. The third kappa shape index (κ3) is 4.15. The number of alkyl halides is 3. The van der Waals surface area contributed by atoms with Gasteiger partial charge < -0.3 is 19.5 Å². The maximum absolute atomic E-state index is 12.9. The monoisotopic (exact) mass is 483 g/mol. The largest absolute Gasteiger partial charge is 0.465 e. The van der Waals surface area contributed by atoms with Crippen molar-refractivity contribution in [2.45, 2.75) is 32.0 Å². The molecule has 2 aliphatic heterocycles. The van der Waals surface area contributed by atoms with Crippen LogP contribution in [0, 0.1) is 0 Å². The van der Waals surface area contributed by atoms with Gasteiger partial charge in [-0.25, -0.2) is 4.79 Å². The van der Waals surface area contributed by atoms with E-state index in [1.165, 1.54) is 11.0 Å². The molecular weight excluding hydrogens is 459 g/mol. The van der Waals surface area contributed by atoms with Gasteiger partial charge in [0.05, 0.1) is 12.1 Å². The minimum Gasteiger partial charge on any atom is -0.465 e. The molecule has 2 aromatic rings. The molecule has 3 aliphatic rings. The number of carboxylic acid groups (broad SMARTS) is 1. The Morgan fingerprint density at radius 1 is 1.17 bits per heavy atom. The third-order valence-corrected chi connectivity index (χ3v) is 6.93. The second kappa shape index (κ2) is 8.48. The number of hydrogen-bond donors (Lipinski definition) is 1. The van der Waals surface area contributed by atoms with Crippen molar-refractivity contribution in [3.8, 4) is 0 Å². The standard InChI is InChI=1S/C26H24F3N3O3/c1-30-22-3-2-10-32(25(34)35)15-21(22)20-7-5-18(14-23(20)30)31-11-8-16(9-12-31)19-6-4-17(13-24(19)33)26(27,28)29/h4-9,11,14H,2-3,10,12-13,15H2,1H3,(H,34,35). The first-order chi connectivity index (χ1) is 16.6. The average Bonchev–Trinajstić information content (AvgIpc) is 2.97. The molecule has 0 saturated carbocycles. The van der Waals surface area contributed by atoms with E-state index >= 15 is 0 Å². The van der Waals surface area contributed by atoms with Gasteiger partial charge in [0.2, 0.25) is 0 Å². The normalized spacial score (nSPS) is 18.7. The van der Waals surface area contributed by atoms with E-state index in [1.54, 1.807) is 6.08 Å². The van der Waals surface area contributed by atoms with Crippen molar-refractivity contribution in [3.05, 3.63) is 76.7 Å². The third-order valence-electron chi connectivity index (χ3n) is 6.93. The predicted octanol–water partition coefficient (Wildman–Crippen LogP) is 5.25. The van der Waals surface area contributed by atoms with Crippen LogP contribution in [-0.2, 0) is 24.8 Å². The Bertz CT molecular complexity index is 1360. The summed E-state index contributed by atoms with van der Waals surface area (Å²) in [6.45, 7) is 1.35. The smallest absolute Gasteiger partial charge is 0.413 e. The number of amides is 1. The number of aryl methyl sites for hydroxylation is 1. The quantitative estimate of drug-likeness (QED) is 0.634. The lowest BCUT2D eigenvalue weighted by molar-refractivity contribution is -0.120. The first-order valence-corrected chi connectivity index (χ1v) is 11.4. The van der Waals surface area contributed by atoms with Gasteiger partial charge in [0.25, 0.3) is 0 Å². The first-order valence-electron chi connectivity index (χ1n) is 11.4. The Kier molecular flexibility index (Phi) is 5.57. The maximum Gasteiger partial charge on any atom is 0.413 e. The zero-order valence-corrected chi connectivity index (χ0v) is 19.1. The molecule has 1 amide bonds. The van der Waals surface area contributed by atoms with E-state index < -0.39 is 30.0 Å². The highest BCUT2D eigenvalue weighted by atomic mass is 19.4. The average molecular weight is 483 g/mol. The molecule has 0 fully saturated rings. The number of carbonyl (C=O) groups excluding carboxylic acids is 1. The molecule has 0 spiro atoms. The van der Waals surface area contributed by atoms with Crippen molar-refractivity contribution in [2.24, 2.45) is 7.05 Å². The Morgan fingerprint density at radius 3 is 2.63 bits per heavy atom. The van der Waals surface area contributed by atoms with Crippen LogP contribution in [0.2, 0.25) is 0 Å². The Hall–Kier alpha value is -3.75. The van der Waals surface area contributed by atoms with Gasteiger partial charge in [-0.15, -0.1) is 0 Å². The molecule has 1 aromatic heterocycles. The molecule has 0 bridgehead atoms. The van der Waals surface area contributed by atoms with E-state index in [9.17, 15) is 27.9 Å². The summed E-state index contributed by atoms with van der Waals surface area (Å²) in [5.74, 6) is -0.536. The zero-order valence-electron chi connectivity index (χ0n) is 19.1. The lowest BCUT2D eigenvalue weighted by Gasteiger charge is -2.24. The first kappa shape index (κ1) is 23.0. The lowest BCUT2D eigenvalue weighted by atomic mass is 9.90. The molecule has 0 atom stereocenters. The van der Waals surface area contributed by atoms with Gasteiger partial charge in [-0.05, 0) is 36.6 Å². The fraction of sp³-hybridized carbons (Fsp3) is 0.308. The number of ketones is 1. The van der Waals surface area contributed by atoms with Crippen molar-refractivity contribution < 1.29 is 27.9 Å². The van der Waals surface area contributed by atoms with Crippen LogP contribution in [0.15, 0.2) is 65.4 Å². The molecule has 1 N–H and O–H groups in total. The summed E-state index contributed by atoms with van der Waals surface area (Å²) >= 11 is 0. The summed E-state index contributed by atoms with van der Waals surface area (Å²) in [5.41, 5.74) is 4.21. The highest BCUT2D eigenvalue weighted by molar-refractivity contribution is 6.03. The van der Waals surface area contributed by atoms with E-state index in [0.29, 0.717) is 30.8 Å². The van der Waals surface area contributed by atoms with Crippen LogP contribution < -0.4 is 4.90 Å². The van der Waals surface area contributed by atoms with E-state index in [-0.39, 0.29) is 0 Å². The number of carbonyl (C=O) groups is 2. The number of allylic oxidation sites excluding steroid dienone is 6. The fourth-order valence-corrected chi connectivity index (χ4v) is 5.04. The molecule has 0 saturated heterocycles. The van der Waals surface area contributed by atoms with Gasteiger partial charge in [-0.3, -0.25) is 4.79 Å². The van der Waals surface area contributed by atoms with Gasteiger partial charge in [0.1, 0.15) is 0 Å². The summed E-state index contributed by atoms with van der Waals surface area (Å²) in [5, 5.41) is 10.5. The van der Waals surface area contributed by atoms with Crippen LogP contribution in [-0.4, -0.2) is 45.7 Å².